The summed E-state index contributed by atoms with van der Waals surface area (Å²) in [5.41, 5.74) is 4.65. The largest absolute Gasteiger partial charge is 0.489 e. The SMILES string of the molecule is c1ccc(COc2cccc(N(c3cnn4ccccc34)C3CCCCC3)c2)cc1. The van der Waals surface area contributed by atoms with Gasteiger partial charge in [0.2, 0.25) is 0 Å². The van der Waals surface area contributed by atoms with E-state index < -0.39 is 0 Å². The van der Waals surface area contributed by atoms with Crippen molar-refractivity contribution in [2.75, 3.05) is 4.90 Å². The fourth-order valence-corrected chi connectivity index (χ4v) is 4.46. The topological polar surface area (TPSA) is 29.8 Å². The van der Waals surface area contributed by atoms with Crippen LogP contribution in [0, 0.1) is 0 Å². The highest BCUT2D eigenvalue weighted by Gasteiger charge is 2.25. The van der Waals surface area contributed by atoms with Crippen molar-refractivity contribution >= 4 is 16.9 Å². The van der Waals surface area contributed by atoms with Crippen molar-refractivity contribution in [3.63, 3.8) is 0 Å². The molecule has 0 aliphatic heterocycles. The molecule has 0 saturated heterocycles. The minimum Gasteiger partial charge on any atom is -0.489 e. The number of aromatic nitrogens is 2. The number of benzene rings is 2. The molecule has 4 nitrogen and oxygen atoms in total. The Morgan fingerprint density at radius 2 is 1.73 bits per heavy atom. The number of ether oxygens (including phenoxy) is 1. The van der Waals surface area contributed by atoms with Crippen LogP contribution < -0.4 is 9.64 Å². The highest BCUT2D eigenvalue weighted by atomic mass is 16.5. The maximum Gasteiger partial charge on any atom is 0.121 e. The molecule has 4 aromatic rings. The standard InChI is InChI=1S/C26H27N3O/c1-3-10-21(11-4-1)20-30-24-15-9-14-23(18-24)29(22-12-5-2-6-13-22)26-19-27-28-17-8-7-16-25(26)28/h1,3-4,7-11,14-19,22H,2,5-6,12-13,20H2. The Morgan fingerprint density at radius 3 is 2.60 bits per heavy atom. The van der Waals surface area contributed by atoms with Gasteiger partial charge in [-0.1, -0.05) is 61.7 Å². The van der Waals surface area contributed by atoms with Crippen LogP contribution in [0.15, 0.2) is 85.2 Å². The van der Waals surface area contributed by atoms with Gasteiger partial charge in [0.25, 0.3) is 0 Å². The van der Waals surface area contributed by atoms with Gasteiger partial charge in [-0.15, -0.1) is 0 Å². The smallest absolute Gasteiger partial charge is 0.121 e. The molecule has 0 unspecified atom stereocenters. The Balaban J connectivity index is 1.48. The average Bonchev–Trinajstić information content (AvgIpc) is 3.24. The van der Waals surface area contributed by atoms with E-state index in [1.54, 1.807) is 0 Å². The van der Waals surface area contributed by atoms with Gasteiger partial charge in [-0.3, -0.25) is 0 Å². The number of pyridine rings is 1. The van der Waals surface area contributed by atoms with E-state index in [9.17, 15) is 0 Å². The second-order valence-electron chi connectivity index (χ2n) is 7.99. The molecule has 4 heteroatoms. The normalized spacial score (nSPS) is 14.7. The number of anilines is 2. The van der Waals surface area contributed by atoms with Crippen LogP contribution in [-0.4, -0.2) is 15.7 Å². The first-order valence-electron chi connectivity index (χ1n) is 10.9. The summed E-state index contributed by atoms with van der Waals surface area (Å²) in [7, 11) is 0. The van der Waals surface area contributed by atoms with Crippen LogP contribution >= 0.6 is 0 Å². The Hall–Kier alpha value is -3.27. The molecule has 2 heterocycles. The van der Waals surface area contributed by atoms with Crippen molar-refractivity contribution in [1.82, 2.24) is 9.61 Å². The zero-order valence-electron chi connectivity index (χ0n) is 17.2. The molecule has 2 aromatic heterocycles. The predicted molar refractivity (Wildman–Crippen MR) is 121 cm³/mol. The van der Waals surface area contributed by atoms with Gasteiger partial charge in [-0.05, 0) is 42.7 Å². The van der Waals surface area contributed by atoms with Crippen LogP contribution in [0.2, 0.25) is 0 Å². The van der Waals surface area contributed by atoms with Crippen LogP contribution in [0.5, 0.6) is 5.75 Å². The number of hydrogen-bond donors (Lipinski definition) is 0. The van der Waals surface area contributed by atoms with E-state index in [1.165, 1.54) is 49.0 Å². The molecule has 30 heavy (non-hydrogen) atoms. The van der Waals surface area contributed by atoms with Gasteiger partial charge in [-0.2, -0.15) is 5.10 Å². The van der Waals surface area contributed by atoms with Crippen molar-refractivity contribution in [3.05, 3.63) is 90.8 Å². The van der Waals surface area contributed by atoms with Gasteiger partial charge in [0, 0.05) is 24.0 Å². The summed E-state index contributed by atoms with van der Waals surface area (Å²) in [4.78, 5) is 2.48. The molecule has 1 aliphatic rings. The Kier molecular flexibility index (Phi) is 5.38. The Bertz CT molecular complexity index is 1100. The van der Waals surface area contributed by atoms with E-state index in [4.69, 9.17) is 4.74 Å². The maximum atomic E-state index is 6.13. The van der Waals surface area contributed by atoms with Gasteiger partial charge in [0.15, 0.2) is 0 Å². The monoisotopic (exact) mass is 397 g/mol. The molecule has 0 N–H and O–H groups in total. The molecule has 1 fully saturated rings. The molecule has 1 saturated carbocycles. The highest BCUT2D eigenvalue weighted by molar-refractivity contribution is 5.79. The third-order valence-electron chi connectivity index (χ3n) is 5.95. The van der Waals surface area contributed by atoms with Crippen LogP contribution in [0.3, 0.4) is 0 Å². The second-order valence-corrected chi connectivity index (χ2v) is 7.99. The molecule has 0 atom stereocenters. The minimum absolute atomic E-state index is 0.483. The van der Waals surface area contributed by atoms with Crippen molar-refractivity contribution in [2.45, 2.75) is 44.8 Å². The maximum absolute atomic E-state index is 6.13. The quantitative estimate of drug-likeness (QED) is 0.378. The number of hydrogen-bond acceptors (Lipinski definition) is 3. The number of rotatable bonds is 6. The lowest BCUT2D eigenvalue weighted by molar-refractivity contribution is 0.306. The van der Waals surface area contributed by atoms with E-state index in [-0.39, 0.29) is 0 Å². The molecule has 5 rings (SSSR count). The lowest BCUT2D eigenvalue weighted by atomic mass is 9.93. The molecule has 152 valence electrons. The fourth-order valence-electron chi connectivity index (χ4n) is 4.46. The van der Waals surface area contributed by atoms with Crippen LogP contribution in [0.1, 0.15) is 37.7 Å². The summed E-state index contributed by atoms with van der Waals surface area (Å²) < 4.78 is 8.09. The summed E-state index contributed by atoms with van der Waals surface area (Å²) in [5.74, 6) is 0.897. The fraction of sp³-hybridized carbons (Fsp3) is 0.269. The molecule has 0 bridgehead atoms. The van der Waals surface area contributed by atoms with Crippen LogP contribution in [0.4, 0.5) is 11.4 Å². The van der Waals surface area contributed by atoms with Crippen molar-refractivity contribution in [2.24, 2.45) is 0 Å². The Labute approximate surface area is 177 Å². The van der Waals surface area contributed by atoms with E-state index in [2.05, 4.69) is 52.5 Å². The van der Waals surface area contributed by atoms with Gasteiger partial charge >= 0.3 is 0 Å². The molecule has 2 aromatic carbocycles. The molecular formula is C26H27N3O. The number of fused-ring (bicyclic) bond motifs is 1. The van der Waals surface area contributed by atoms with Crippen molar-refractivity contribution in [1.29, 1.82) is 0 Å². The molecule has 0 spiro atoms. The van der Waals surface area contributed by atoms with E-state index >= 15 is 0 Å². The number of nitrogens with zero attached hydrogens (tertiary/aromatic N) is 3. The summed E-state index contributed by atoms with van der Waals surface area (Å²) in [6.45, 7) is 0.574. The molecule has 1 aliphatic carbocycles. The van der Waals surface area contributed by atoms with E-state index in [0.717, 1.165) is 11.3 Å². The van der Waals surface area contributed by atoms with Crippen LogP contribution in [-0.2, 0) is 6.61 Å². The van der Waals surface area contributed by atoms with Crippen LogP contribution in [0.25, 0.3) is 5.52 Å². The minimum atomic E-state index is 0.483. The summed E-state index contributed by atoms with van der Waals surface area (Å²) in [6.07, 6.45) is 10.3. The summed E-state index contributed by atoms with van der Waals surface area (Å²) >= 11 is 0. The van der Waals surface area contributed by atoms with E-state index in [1.807, 2.05) is 47.2 Å². The van der Waals surface area contributed by atoms with Crippen molar-refractivity contribution in [3.8, 4) is 5.75 Å². The third-order valence-corrected chi connectivity index (χ3v) is 5.95. The van der Waals surface area contributed by atoms with Gasteiger partial charge in [0.1, 0.15) is 12.4 Å². The predicted octanol–water partition coefficient (Wildman–Crippen LogP) is 6.38. The first-order chi connectivity index (χ1) is 14.9. The zero-order valence-corrected chi connectivity index (χ0v) is 17.2. The first-order valence-corrected chi connectivity index (χ1v) is 10.9. The summed E-state index contributed by atoms with van der Waals surface area (Å²) in [5, 5.41) is 4.60. The summed E-state index contributed by atoms with van der Waals surface area (Å²) in [6, 6.07) is 25.5. The van der Waals surface area contributed by atoms with Crippen molar-refractivity contribution < 1.29 is 4.74 Å². The highest BCUT2D eigenvalue weighted by Crippen LogP contribution is 2.37. The van der Waals surface area contributed by atoms with Gasteiger partial charge < -0.3 is 9.64 Å². The molecule has 0 radical (unpaired) electrons. The average molecular weight is 398 g/mol. The molecular weight excluding hydrogens is 370 g/mol. The zero-order chi connectivity index (χ0) is 20.2. The van der Waals surface area contributed by atoms with E-state index in [0.29, 0.717) is 12.6 Å². The van der Waals surface area contributed by atoms with Gasteiger partial charge in [-0.25, -0.2) is 4.52 Å². The Morgan fingerprint density at radius 1 is 0.900 bits per heavy atom. The lowest BCUT2D eigenvalue weighted by Gasteiger charge is -2.35. The third kappa shape index (κ3) is 3.90. The second kappa shape index (κ2) is 8.62. The lowest BCUT2D eigenvalue weighted by Crippen LogP contribution is -2.32. The first kappa shape index (κ1) is 18.7. The molecule has 0 amide bonds. The van der Waals surface area contributed by atoms with Gasteiger partial charge in [0.05, 0.1) is 17.4 Å².